The maximum Gasteiger partial charge on any atom is 0.193 e. The maximum absolute atomic E-state index is 13.5. The first-order valence-electron chi connectivity index (χ1n) is 10.4. The Morgan fingerprint density at radius 1 is 0.875 bits per heavy atom. The summed E-state index contributed by atoms with van der Waals surface area (Å²) in [7, 11) is 0. The first-order chi connectivity index (χ1) is 15.6. The predicted octanol–water partition coefficient (Wildman–Crippen LogP) is 7.81. The Labute approximate surface area is 200 Å². The van der Waals surface area contributed by atoms with Crippen LogP contribution < -0.4 is 0 Å². The van der Waals surface area contributed by atoms with Gasteiger partial charge in [-0.1, -0.05) is 76.6 Å². The summed E-state index contributed by atoms with van der Waals surface area (Å²) in [4.78, 5) is 18.4. The van der Waals surface area contributed by atoms with E-state index in [0.29, 0.717) is 12.0 Å². The van der Waals surface area contributed by atoms with E-state index in [9.17, 15) is 4.79 Å². The van der Waals surface area contributed by atoms with Gasteiger partial charge in [-0.25, -0.2) is 4.98 Å². The molecular weight excluding hydrogens is 478 g/mol. The fraction of sp³-hybridized carbons (Fsp3) is 0.0714. The molecule has 0 radical (unpaired) electrons. The highest BCUT2D eigenvalue weighted by Crippen LogP contribution is 2.39. The van der Waals surface area contributed by atoms with Crippen LogP contribution in [-0.2, 0) is 6.42 Å². The maximum atomic E-state index is 13.5. The topological polar surface area (TPSA) is 30.0 Å². The number of thiazole rings is 1. The van der Waals surface area contributed by atoms with Gasteiger partial charge in [-0.3, -0.25) is 4.79 Å². The first-order valence-corrected chi connectivity index (χ1v) is 12.1. The number of rotatable bonds is 5. The van der Waals surface area contributed by atoms with E-state index in [1.807, 2.05) is 60.7 Å². The van der Waals surface area contributed by atoms with E-state index in [4.69, 9.17) is 4.98 Å². The molecule has 156 valence electrons. The Balaban J connectivity index is 1.57. The van der Waals surface area contributed by atoms with Gasteiger partial charge in [-0.2, -0.15) is 0 Å². The molecule has 0 aliphatic heterocycles. The molecule has 5 rings (SSSR count). The van der Waals surface area contributed by atoms with Crippen LogP contribution in [0.2, 0.25) is 0 Å². The summed E-state index contributed by atoms with van der Waals surface area (Å²) >= 11 is 5.12. The number of aromatic nitrogens is 1. The molecule has 0 N–H and O–H groups in total. The lowest BCUT2D eigenvalue weighted by Crippen LogP contribution is -2.03. The van der Waals surface area contributed by atoms with Gasteiger partial charge in [0.25, 0.3) is 0 Å². The van der Waals surface area contributed by atoms with Gasteiger partial charge in [0.05, 0.1) is 10.7 Å². The number of benzene rings is 2. The monoisotopic (exact) mass is 497 g/mol. The second kappa shape index (κ2) is 8.81. The van der Waals surface area contributed by atoms with Gasteiger partial charge in [0, 0.05) is 33.0 Å². The summed E-state index contributed by atoms with van der Waals surface area (Å²) in [5.74, 6) is 0.0570. The molecule has 1 aromatic heterocycles. The summed E-state index contributed by atoms with van der Waals surface area (Å²) in [5, 5.41) is 3.16. The lowest BCUT2D eigenvalue weighted by Gasteiger charge is -2.04. The number of ketones is 1. The van der Waals surface area contributed by atoms with E-state index in [1.165, 1.54) is 5.56 Å². The Morgan fingerprint density at radius 2 is 1.53 bits per heavy atom. The van der Waals surface area contributed by atoms with Crippen LogP contribution in [0.15, 0.2) is 94.8 Å². The molecule has 0 fully saturated rings. The van der Waals surface area contributed by atoms with Gasteiger partial charge in [0.2, 0.25) is 0 Å². The van der Waals surface area contributed by atoms with Crippen LogP contribution in [-0.4, -0.2) is 10.8 Å². The van der Waals surface area contributed by atoms with Gasteiger partial charge in [0.15, 0.2) is 5.78 Å². The third-order valence-corrected chi connectivity index (χ3v) is 7.12. The predicted molar refractivity (Wildman–Crippen MR) is 136 cm³/mol. The van der Waals surface area contributed by atoms with Crippen molar-refractivity contribution in [1.82, 2.24) is 4.98 Å². The Morgan fingerprint density at radius 3 is 2.25 bits per heavy atom. The summed E-state index contributed by atoms with van der Waals surface area (Å²) in [6.45, 7) is 2.06. The number of carbonyl (C=O) groups excluding carboxylic acids is 1. The Hall–Kier alpha value is -3.08. The zero-order valence-electron chi connectivity index (χ0n) is 17.5. The first kappa shape index (κ1) is 20.8. The molecular formula is C28H20BrNOS. The largest absolute Gasteiger partial charge is 0.289 e. The van der Waals surface area contributed by atoms with E-state index in [0.717, 1.165) is 43.0 Å². The van der Waals surface area contributed by atoms with Crippen molar-refractivity contribution >= 4 is 33.0 Å². The standard InChI is InChI=1S/C28H20BrNOS/c1-18-24(16-26-30-25(17-32-26)19-8-4-2-5-9-19)22-10-6-3-7-11-23(22)27(18)28(31)20-12-14-21(29)15-13-20/h2-15,17H,16H2,1H3. The van der Waals surface area contributed by atoms with Crippen LogP contribution in [0.1, 0.15) is 32.1 Å². The second-order valence-corrected chi connectivity index (χ2v) is 9.58. The van der Waals surface area contributed by atoms with Crippen molar-refractivity contribution in [2.75, 3.05) is 0 Å². The van der Waals surface area contributed by atoms with Crippen molar-refractivity contribution in [1.29, 1.82) is 0 Å². The minimum absolute atomic E-state index is 0.0570. The number of carbonyl (C=O) groups is 1. The highest BCUT2D eigenvalue weighted by atomic mass is 79.9. The van der Waals surface area contributed by atoms with Crippen LogP contribution in [0.4, 0.5) is 0 Å². The summed E-state index contributed by atoms with van der Waals surface area (Å²) in [5.41, 5.74) is 7.92. The number of fused-ring (bicyclic) bond motifs is 1. The Bertz CT molecular complexity index is 1370. The molecule has 1 heterocycles. The van der Waals surface area contributed by atoms with E-state index in [-0.39, 0.29) is 5.78 Å². The minimum Gasteiger partial charge on any atom is -0.289 e. The van der Waals surface area contributed by atoms with Gasteiger partial charge in [0.1, 0.15) is 0 Å². The summed E-state index contributed by atoms with van der Waals surface area (Å²) in [6.07, 6.45) is 0.706. The molecule has 0 saturated heterocycles. The lowest BCUT2D eigenvalue weighted by atomic mass is 9.99. The molecule has 2 aromatic carbocycles. The molecule has 0 unspecified atom stereocenters. The van der Waals surface area contributed by atoms with Gasteiger partial charge in [-0.05, 0) is 53.4 Å². The van der Waals surface area contributed by atoms with Crippen LogP contribution in [0.5, 0.6) is 0 Å². The SMILES string of the molecule is Cc1c(Cc2nc(-c3ccccc3)cs2)c2cccccc-2c1C(=O)c1ccc(Br)cc1. The zero-order chi connectivity index (χ0) is 22.1. The van der Waals surface area contributed by atoms with Gasteiger partial charge < -0.3 is 0 Å². The van der Waals surface area contributed by atoms with Crippen molar-refractivity contribution < 1.29 is 4.79 Å². The van der Waals surface area contributed by atoms with E-state index < -0.39 is 0 Å². The lowest BCUT2D eigenvalue weighted by molar-refractivity contribution is 0.103. The fourth-order valence-corrected chi connectivity index (χ4v) is 5.21. The molecule has 0 bridgehead atoms. The number of nitrogens with zero attached hydrogens (tertiary/aromatic N) is 1. The van der Waals surface area contributed by atoms with Crippen molar-refractivity contribution in [2.24, 2.45) is 0 Å². The fourth-order valence-electron chi connectivity index (χ4n) is 4.13. The zero-order valence-corrected chi connectivity index (χ0v) is 19.9. The molecule has 4 heteroatoms. The summed E-state index contributed by atoms with van der Waals surface area (Å²) < 4.78 is 0.961. The normalized spacial score (nSPS) is 11.1. The average Bonchev–Trinajstić information content (AvgIpc) is 3.29. The molecule has 0 saturated carbocycles. The van der Waals surface area contributed by atoms with Gasteiger partial charge in [-0.15, -0.1) is 11.3 Å². The van der Waals surface area contributed by atoms with E-state index in [2.05, 4.69) is 52.5 Å². The quantitative estimate of drug-likeness (QED) is 0.231. The Kier molecular flexibility index (Phi) is 5.73. The number of halogens is 1. The van der Waals surface area contributed by atoms with Crippen LogP contribution in [0.3, 0.4) is 0 Å². The van der Waals surface area contributed by atoms with Crippen LogP contribution in [0.25, 0.3) is 22.4 Å². The van der Waals surface area contributed by atoms with Crippen molar-refractivity contribution in [3.05, 3.63) is 122 Å². The van der Waals surface area contributed by atoms with E-state index >= 15 is 0 Å². The molecule has 2 aliphatic rings. The van der Waals surface area contributed by atoms with Crippen LogP contribution >= 0.6 is 27.3 Å². The third kappa shape index (κ3) is 3.92. The third-order valence-electron chi connectivity index (χ3n) is 5.74. The average molecular weight is 498 g/mol. The number of hydrogen-bond acceptors (Lipinski definition) is 3. The molecule has 2 aliphatic carbocycles. The second-order valence-electron chi connectivity index (χ2n) is 7.72. The van der Waals surface area contributed by atoms with Crippen molar-refractivity contribution in [3.8, 4) is 22.4 Å². The molecule has 0 amide bonds. The minimum atomic E-state index is 0.0570. The number of hydrogen-bond donors (Lipinski definition) is 0. The molecule has 32 heavy (non-hydrogen) atoms. The highest BCUT2D eigenvalue weighted by molar-refractivity contribution is 9.10. The summed E-state index contributed by atoms with van der Waals surface area (Å²) in [6, 6.07) is 28.0. The van der Waals surface area contributed by atoms with Crippen molar-refractivity contribution in [3.63, 3.8) is 0 Å². The van der Waals surface area contributed by atoms with E-state index in [1.54, 1.807) is 11.3 Å². The smallest absolute Gasteiger partial charge is 0.193 e. The van der Waals surface area contributed by atoms with Crippen LogP contribution in [0, 0.1) is 6.92 Å². The molecule has 3 aromatic rings. The molecule has 0 atom stereocenters. The highest BCUT2D eigenvalue weighted by Gasteiger charge is 2.25. The molecule has 0 spiro atoms. The van der Waals surface area contributed by atoms with Gasteiger partial charge >= 0.3 is 0 Å². The van der Waals surface area contributed by atoms with Crippen molar-refractivity contribution in [2.45, 2.75) is 13.3 Å². The molecule has 2 nitrogen and oxygen atoms in total.